The summed E-state index contributed by atoms with van der Waals surface area (Å²) in [5.74, 6) is 1.18. The second kappa shape index (κ2) is 4.39. The monoisotopic (exact) mass is 224 g/mol. The summed E-state index contributed by atoms with van der Waals surface area (Å²) in [5.41, 5.74) is 0.803. The fourth-order valence-electron chi connectivity index (χ4n) is 1.21. The number of anilines is 1. The molecule has 0 aliphatic heterocycles. The van der Waals surface area contributed by atoms with E-state index in [1.165, 1.54) is 0 Å². The van der Waals surface area contributed by atoms with Crippen LogP contribution >= 0.6 is 0 Å². The van der Waals surface area contributed by atoms with Crippen LogP contribution in [0.25, 0.3) is 5.65 Å². The van der Waals surface area contributed by atoms with Crippen molar-refractivity contribution in [1.82, 2.24) is 14.6 Å². The lowest BCUT2D eigenvalue weighted by Gasteiger charge is -1.97. The molecule has 1 atom stereocenters. The normalized spacial score (nSPS) is 12.9. The van der Waals surface area contributed by atoms with Gasteiger partial charge in [-0.05, 0) is 12.1 Å². The summed E-state index contributed by atoms with van der Waals surface area (Å²) in [6.07, 6.45) is 3.52. The molecule has 1 unspecified atom stereocenters. The SMILES string of the molecule is CS(=O)CCNc1nc2ccccn2n1. The molecule has 0 aromatic carbocycles. The van der Waals surface area contributed by atoms with Gasteiger partial charge in [0.25, 0.3) is 0 Å². The van der Waals surface area contributed by atoms with Crippen molar-refractivity contribution in [3.8, 4) is 0 Å². The van der Waals surface area contributed by atoms with Gasteiger partial charge in [-0.1, -0.05) is 6.07 Å². The topological polar surface area (TPSA) is 59.3 Å². The maximum atomic E-state index is 10.8. The quantitative estimate of drug-likeness (QED) is 0.822. The van der Waals surface area contributed by atoms with E-state index in [-0.39, 0.29) is 0 Å². The Morgan fingerprint density at radius 1 is 1.53 bits per heavy atom. The molecule has 15 heavy (non-hydrogen) atoms. The van der Waals surface area contributed by atoms with E-state index < -0.39 is 10.8 Å². The Hall–Kier alpha value is -1.43. The molecule has 0 bridgehead atoms. The van der Waals surface area contributed by atoms with Gasteiger partial charge in [0.1, 0.15) is 0 Å². The minimum atomic E-state index is -0.782. The molecule has 2 aromatic rings. The van der Waals surface area contributed by atoms with Gasteiger partial charge in [-0.3, -0.25) is 4.21 Å². The number of nitrogens with one attached hydrogen (secondary N) is 1. The van der Waals surface area contributed by atoms with Crippen LogP contribution in [0, 0.1) is 0 Å². The number of pyridine rings is 1. The smallest absolute Gasteiger partial charge is 0.243 e. The van der Waals surface area contributed by atoms with E-state index in [0.29, 0.717) is 18.2 Å². The van der Waals surface area contributed by atoms with Crippen molar-refractivity contribution >= 4 is 22.4 Å². The summed E-state index contributed by atoms with van der Waals surface area (Å²) < 4.78 is 12.5. The highest BCUT2D eigenvalue weighted by atomic mass is 32.2. The first-order valence-corrected chi connectivity index (χ1v) is 6.34. The van der Waals surface area contributed by atoms with Crippen molar-refractivity contribution in [2.24, 2.45) is 0 Å². The predicted molar refractivity (Wildman–Crippen MR) is 60.4 cm³/mol. The average Bonchev–Trinajstić information content (AvgIpc) is 2.59. The first-order valence-electron chi connectivity index (χ1n) is 4.61. The number of hydrogen-bond donors (Lipinski definition) is 1. The lowest BCUT2D eigenvalue weighted by Crippen LogP contribution is -2.10. The van der Waals surface area contributed by atoms with Crippen molar-refractivity contribution in [3.63, 3.8) is 0 Å². The van der Waals surface area contributed by atoms with Gasteiger partial charge < -0.3 is 5.32 Å². The van der Waals surface area contributed by atoms with E-state index in [1.54, 1.807) is 10.8 Å². The lowest BCUT2D eigenvalue weighted by molar-refractivity contribution is 0.687. The number of nitrogens with zero attached hydrogens (tertiary/aromatic N) is 3. The van der Waals surface area contributed by atoms with Gasteiger partial charge in [-0.2, -0.15) is 4.98 Å². The fourth-order valence-corrected chi connectivity index (χ4v) is 1.60. The van der Waals surface area contributed by atoms with E-state index in [0.717, 1.165) is 5.65 Å². The molecule has 2 heterocycles. The Bertz CT molecular complexity index is 449. The summed E-state index contributed by atoms with van der Waals surface area (Å²) in [4.78, 5) is 4.25. The highest BCUT2D eigenvalue weighted by Crippen LogP contribution is 2.03. The highest BCUT2D eigenvalue weighted by molar-refractivity contribution is 7.84. The standard InChI is InChI=1S/C9H12N4OS/c1-15(14)7-5-10-9-11-8-4-2-3-6-13(8)12-9/h2-4,6H,5,7H2,1H3,(H,10,12). The van der Waals surface area contributed by atoms with E-state index in [4.69, 9.17) is 0 Å². The molecule has 1 N–H and O–H groups in total. The molecule has 0 amide bonds. The predicted octanol–water partition coefficient (Wildman–Crippen LogP) is 0.520. The van der Waals surface area contributed by atoms with Gasteiger partial charge in [0.2, 0.25) is 5.95 Å². The second-order valence-corrected chi connectivity index (χ2v) is 4.70. The van der Waals surface area contributed by atoms with Crippen LogP contribution in [0.15, 0.2) is 24.4 Å². The lowest BCUT2D eigenvalue weighted by atomic mass is 10.5. The van der Waals surface area contributed by atoms with Crippen molar-refractivity contribution in [2.45, 2.75) is 0 Å². The van der Waals surface area contributed by atoms with Crippen LogP contribution in [0.2, 0.25) is 0 Å². The third-order valence-electron chi connectivity index (χ3n) is 1.91. The van der Waals surface area contributed by atoms with Crippen LogP contribution in [-0.4, -0.2) is 37.4 Å². The van der Waals surface area contributed by atoms with Gasteiger partial charge >= 0.3 is 0 Å². The van der Waals surface area contributed by atoms with Crippen LogP contribution < -0.4 is 5.32 Å². The highest BCUT2D eigenvalue weighted by Gasteiger charge is 2.01. The number of fused-ring (bicyclic) bond motifs is 1. The van der Waals surface area contributed by atoms with Crippen LogP contribution in [0.1, 0.15) is 0 Å². The molecule has 0 saturated carbocycles. The second-order valence-electron chi connectivity index (χ2n) is 3.14. The van der Waals surface area contributed by atoms with E-state index in [2.05, 4.69) is 15.4 Å². The molecule has 0 fully saturated rings. The van der Waals surface area contributed by atoms with Gasteiger partial charge in [-0.15, -0.1) is 5.10 Å². The van der Waals surface area contributed by atoms with Crippen molar-refractivity contribution < 1.29 is 4.21 Å². The molecule has 2 aromatic heterocycles. The minimum absolute atomic E-state index is 0.576. The molecule has 6 heteroatoms. The summed E-state index contributed by atoms with van der Waals surface area (Å²) in [5, 5.41) is 7.23. The summed E-state index contributed by atoms with van der Waals surface area (Å²) in [6.45, 7) is 0.625. The zero-order valence-corrected chi connectivity index (χ0v) is 9.20. The Morgan fingerprint density at radius 2 is 2.40 bits per heavy atom. The summed E-state index contributed by atoms with van der Waals surface area (Å²) in [6, 6.07) is 5.69. The number of rotatable bonds is 4. The van der Waals surface area contributed by atoms with E-state index in [9.17, 15) is 4.21 Å². The summed E-state index contributed by atoms with van der Waals surface area (Å²) >= 11 is 0. The molecule has 80 valence electrons. The van der Waals surface area contributed by atoms with E-state index >= 15 is 0 Å². The zero-order valence-electron chi connectivity index (χ0n) is 8.38. The summed E-state index contributed by atoms with van der Waals surface area (Å²) in [7, 11) is -0.782. The van der Waals surface area contributed by atoms with Gasteiger partial charge in [0.15, 0.2) is 5.65 Å². The molecular formula is C9H12N4OS. The molecule has 0 spiro atoms. The van der Waals surface area contributed by atoms with Gasteiger partial charge in [0.05, 0.1) is 0 Å². The molecule has 0 radical (unpaired) electrons. The Labute approximate surface area is 90.0 Å². The maximum absolute atomic E-state index is 10.8. The molecule has 0 aliphatic carbocycles. The molecule has 0 saturated heterocycles. The van der Waals surface area contributed by atoms with Gasteiger partial charge in [-0.25, -0.2) is 4.52 Å². The van der Waals surface area contributed by atoms with E-state index in [1.807, 2.05) is 24.4 Å². The number of aromatic nitrogens is 3. The van der Waals surface area contributed by atoms with Crippen molar-refractivity contribution in [3.05, 3.63) is 24.4 Å². The first kappa shape index (κ1) is 10.1. The molecule has 5 nitrogen and oxygen atoms in total. The average molecular weight is 224 g/mol. The third kappa shape index (κ3) is 2.53. The zero-order chi connectivity index (χ0) is 10.7. The third-order valence-corrected chi connectivity index (χ3v) is 2.69. The van der Waals surface area contributed by atoms with Gasteiger partial charge in [0, 0.05) is 35.5 Å². The van der Waals surface area contributed by atoms with Crippen LogP contribution in [-0.2, 0) is 10.8 Å². The fraction of sp³-hybridized carbons (Fsp3) is 0.333. The number of hydrogen-bond acceptors (Lipinski definition) is 4. The Balaban J connectivity index is 2.05. The van der Waals surface area contributed by atoms with Crippen LogP contribution in [0.4, 0.5) is 5.95 Å². The Morgan fingerprint density at radius 3 is 3.13 bits per heavy atom. The van der Waals surface area contributed by atoms with Crippen molar-refractivity contribution in [1.29, 1.82) is 0 Å². The maximum Gasteiger partial charge on any atom is 0.243 e. The Kier molecular flexibility index (Phi) is 2.96. The largest absolute Gasteiger partial charge is 0.352 e. The molecule has 0 aliphatic rings. The first-order chi connectivity index (χ1) is 7.25. The van der Waals surface area contributed by atoms with Crippen LogP contribution in [0.3, 0.4) is 0 Å². The van der Waals surface area contributed by atoms with Crippen molar-refractivity contribution in [2.75, 3.05) is 23.9 Å². The minimum Gasteiger partial charge on any atom is -0.352 e. The molecular weight excluding hydrogens is 212 g/mol. The molecule has 2 rings (SSSR count). The van der Waals surface area contributed by atoms with Crippen LogP contribution in [0.5, 0.6) is 0 Å².